The highest BCUT2D eigenvalue weighted by Crippen LogP contribution is 2.42. The molecule has 1 aromatic carbocycles. The normalized spacial score (nSPS) is 16.6. The fourth-order valence-electron chi connectivity index (χ4n) is 9.19. The molecule has 390 valence electrons. The summed E-state index contributed by atoms with van der Waals surface area (Å²) in [4.78, 5) is 71.0. The van der Waals surface area contributed by atoms with E-state index < -0.39 is 44.0 Å². The highest BCUT2D eigenvalue weighted by atomic mass is 31.2. The van der Waals surface area contributed by atoms with Gasteiger partial charge in [-0.1, -0.05) is 141 Å². The minimum absolute atomic E-state index is 0.00372. The molecule has 70 heavy (non-hydrogen) atoms. The molecule has 16 heteroatoms. The van der Waals surface area contributed by atoms with Gasteiger partial charge in [0.2, 0.25) is 5.60 Å². The van der Waals surface area contributed by atoms with Crippen molar-refractivity contribution in [3.63, 3.8) is 0 Å². The van der Waals surface area contributed by atoms with Crippen molar-refractivity contribution in [3.05, 3.63) is 63.4 Å². The van der Waals surface area contributed by atoms with Gasteiger partial charge in [0.1, 0.15) is 25.9 Å². The van der Waals surface area contributed by atoms with Gasteiger partial charge in [0.15, 0.2) is 0 Å². The van der Waals surface area contributed by atoms with E-state index in [1.807, 2.05) is 51.5 Å². The van der Waals surface area contributed by atoms with Gasteiger partial charge in [0.05, 0.1) is 63.4 Å². The number of pyridine rings is 2. The molecule has 0 radical (unpaired) electrons. The van der Waals surface area contributed by atoms with E-state index in [0.29, 0.717) is 72.4 Å². The fourth-order valence-corrected chi connectivity index (χ4v) is 9.91. The van der Waals surface area contributed by atoms with Crippen molar-refractivity contribution < 1.29 is 56.3 Å². The van der Waals surface area contributed by atoms with Crippen LogP contribution in [0.25, 0.3) is 22.3 Å². The van der Waals surface area contributed by atoms with Gasteiger partial charge in [-0.25, -0.2) is 9.78 Å². The van der Waals surface area contributed by atoms with E-state index in [1.165, 1.54) is 77.0 Å². The standard InChI is InChI=1S/C54H82N3O12P/c1-6-8-9-10-11-12-13-14-15-16-17-18-19-23-28-34-64-39-44(40-67-70(62,63)66-35-33-57(3,4)5)68-49(58)31-24-21-20-22-25-32-50(59)69-54(7-2)46-37-48-51-43(36-42-29-26-27-30-47(42)55-51)38-56(48)52(60)45(46)41-65-53(54)61/h26-27,29-30,36-37,44H,6-25,28,31-35,38-41H2,1-5H3/t44?,54-/m0/s1. The molecule has 5 rings (SSSR count). The van der Waals surface area contributed by atoms with E-state index in [2.05, 4.69) is 6.92 Å². The Balaban J connectivity index is 1.01. The van der Waals surface area contributed by atoms with E-state index in [9.17, 15) is 28.6 Å². The maximum Gasteiger partial charge on any atom is 0.355 e. The van der Waals surface area contributed by atoms with Gasteiger partial charge in [-0.15, -0.1) is 0 Å². The van der Waals surface area contributed by atoms with E-state index in [0.717, 1.165) is 42.1 Å². The molecule has 0 aliphatic carbocycles. The number of hydrogen-bond acceptors (Lipinski definition) is 13. The lowest BCUT2D eigenvalue weighted by molar-refractivity contribution is -0.870. The van der Waals surface area contributed by atoms with Gasteiger partial charge in [-0.2, -0.15) is 0 Å². The van der Waals surface area contributed by atoms with Gasteiger partial charge >= 0.3 is 17.9 Å². The number of phosphoric ester groups is 1. The number of quaternary nitrogens is 1. The summed E-state index contributed by atoms with van der Waals surface area (Å²) in [6.45, 7) is 4.61. The third-order valence-electron chi connectivity index (χ3n) is 13.4. The fraction of sp³-hybridized carbons (Fsp3) is 0.685. The van der Waals surface area contributed by atoms with Gasteiger partial charge < -0.3 is 41.9 Å². The molecule has 3 atom stereocenters. The summed E-state index contributed by atoms with van der Waals surface area (Å²) in [6.07, 6.45) is 21.4. The molecule has 3 aromatic rings. The molecule has 2 aliphatic rings. The predicted molar refractivity (Wildman–Crippen MR) is 269 cm³/mol. The quantitative estimate of drug-likeness (QED) is 0.0138. The number of likely N-dealkylation sites (N-methyl/N-ethyl adjacent to an activating group) is 1. The van der Waals surface area contributed by atoms with Crippen LogP contribution >= 0.6 is 7.82 Å². The summed E-state index contributed by atoms with van der Waals surface area (Å²) in [5.41, 5.74) is 1.49. The number of carbonyl (C=O) groups excluding carboxylic acids is 3. The number of phosphoric acid groups is 1. The third kappa shape index (κ3) is 17.9. The number of unbranched alkanes of at least 4 members (excludes halogenated alkanes) is 18. The number of rotatable bonds is 36. The summed E-state index contributed by atoms with van der Waals surface area (Å²) < 4.78 is 47.9. The van der Waals surface area contributed by atoms with Crippen molar-refractivity contribution >= 4 is 36.6 Å². The monoisotopic (exact) mass is 996 g/mol. The molecule has 0 bridgehead atoms. The number of cyclic esters (lactones) is 1. The van der Waals surface area contributed by atoms with Crippen LogP contribution in [0.1, 0.15) is 178 Å². The zero-order chi connectivity index (χ0) is 50.4. The van der Waals surface area contributed by atoms with Crippen molar-refractivity contribution in [2.75, 3.05) is 54.1 Å². The molecule has 4 heterocycles. The Morgan fingerprint density at radius 3 is 2.01 bits per heavy atom. The summed E-state index contributed by atoms with van der Waals surface area (Å²) in [6, 6.07) is 11.5. The number of ether oxygens (including phenoxy) is 4. The number of para-hydroxylation sites is 1. The van der Waals surface area contributed by atoms with Crippen LogP contribution in [0.5, 0.6) is 0 Å². The SMILES string of the molecule is CCCCCCCCCCCCCCCCCOCC(COP(=O)([O-])OCC[N+](C)(C)C)OC(=O)CCCCCCCC(=O)O[C@]1(CC)C(=O)OCc2c1cc1n(c2=O)Cc2cc3ccccc3nc2-1. The van der Waals surface area contributed by atoms with Crippen LogP contribution in [0.2, 0.25) is 0 Å². The molecule has 2 unspecified atom stereocenters. The molecular weight excluding hydrogens is 914 g/mol. The molecule has 0 amide bonds. The molecule has 15 nitrogen and oxygen atoms in total. The minimum Gasteiger partial charge on any atom is -0.756 e. The number of aromatic nitrogens is 2. The van der Waals surface area contributed by atoms with Crippen molar-refractivity contribution in [2.24, 2.45) is 0 Å². The zero-order valence-corrected chi connectivity index (χ0v) is 43.8. The van der Waals surface area contributed by atoms with Gasteiger partial charge in [0, 0.05) is 36.0 Å². The van der Waals surface area contributed by atoms with Gasteiger partial charge in [0.25, 0.3) is 13.4 Å². The van der Waals surface area contributed by atoms with Crippen LogP contribution < -0.4 is 10.5 Å². The van der Waals surface area contributed by atoms with Crippen LogP contribution in [0.3, 0.4) is 0 Å². The second-order valence-corrected chi connectivity index (χ2v) is 21.6. The average molecular weight is 996 g/mol. The third-order valence-corrected chi connectivity index (χ3v) is 14.3. The molecular formula is C54H82N3O12P. The van der Waals surface area contributed by atoms with E-state index in [-0.39, 0.29) is 44.6 Å². The van der Waals surface area contributed by atoms with Gasteiger partial charge in [-0.05, 0) is 43.9 Å². The van der Waals surface area contributed by atoms with Crippen molar-refractivity contribution in [1.82, 2.24) is 9.55 Å². The number of esters is 3. The Morgan fingerprint density at radius 1 is 0.786 bits per heavy atom. The highest BCUT2D eigenvalue weighted by molar-refractivity contribution is 7.45. The predicted octanol–water partition coefficient (Wildman–Crippen LogP) is 10.4. The summed E-state index contributed by atoms with van der Waals surface area (Å²) in [7, 11) is 1.15. The van der Waals surface area contributed by atoms with Crippen LogP contribution in [-0.2, 0) is 65.7 Å². The molecule has 2 aliphatic heterocycles. The number of fused-ring (bicyclic) bond motifs is 5. The van der Waals surface area contributed by atoms with Crippen LogP contribution in [0, 0.1) is 0 Å². The first kappa shape index (κ1) is 56.9. The maximum absolute atomic E-state index is 13.9. The topological polar surface area (TPSA) is 182 Å². The van der Waals surface area contributed by atoms with Gasteiger partial charge in [-0.3, -0.25) is 18.9 Å². The number of nitrogens with zero attached hydrogens (tertiary/aromatic N) is 3. The lowest BCUT2D eigenvalue weighted by Gasteiger charge is -2.35. The lowest BCUT2D eigenvalue weighted by Crippen LogP contribution is -2.47. The highest BCUT2D eigenvalue weighted by Gasteiger charge is 2.50. The summed E-state index contributed by atoms with van der Waals surface area (Å²) in [5, 5.41) is 0.964. The molecule has 0 N–H and O–H groups in total. The summed E-state index contributed by atoms with van der Waals surface area (Å²) in [5.74, 6) is -1.76. The number of hydrogen-bond donors (Lipinski definition) is 0. The molecule has 0 fully saturated rings. The van der Waals surface area contributed by atoms with E-state index in [1.54, 1.807) is 17.6 Å². The second kappa shape index (κ2) is 28.9. The Hall–Kier alpha value is -3.98. The molecule has 2 aromatic heterocycles. The number of benzene rings is 1. The molecule has 0 saturated carbocycles. The first-order valence-corrected chi connectivity index (χ1v) is 27.9. The first-order chi connectivity index (χ1) is 33.7. The van der Waals surface area contributed by atoms with E-state index >= 15 is 0 Å². The van der Waals surface area contributed by atoms with E-state index in [4.69, 9.17) is 33.0 Å². The average Bonchev–Trinajstić information content (AvgIpc) is 3.68. The number of carbonyl (C=O) groups is 3. The largest absolute Gasteiger partial charge is 0.756 e. The minimum atomic E-state index is -4.63. The molecule has 0 spiro atoms. The Bertz CT molecular complexity index is 2240. The summed E-state index contributed by atoms with van der Waals surface area (Å²) >= 11 is 0. The Morgan fingerprint density at radius 2 is 1.39 bits per heavy atom. The first-order valence-electron chi connectivity index (χ1n) is 26.4. The van der Waals surface area contributed by atoms with Crippen molar-refractivity contribution in [1.29, 1.82) is 0 Å². The smallest absolute Gasteiger partial charge is 0.355 e. The Labute approximate surface area is 416 Å². The van der Waals surface area contributed by atoms with Crippen LogP contribution in [-0.4, -0.2) is 92.2 Å². The molecule has 0 saturated heterocycles. The lowest BCUT2D eigenvalue weighted by atomic mass is 9.85. The second-order valence-electron chi connectivity index (χ2n) is 20.2. The zero-order valence-electron chi connectivity index (χ0n) is 42.9. The van der Waals surface area contributed by atoms with Crippen molar-refractivity contribution in [3.8, 4) is 11.4 Å². The van der Waals surface area contributed by atoms with Crippen LogP contribution in [0.4, 0.5) is 0 Å². The Kier molecular flexibility index (Phi) is 23.5. The van der Waals surface area contributed by atoms with Crippen molar-refractivity contribution in [2.45, 2.75) is 186 Å². The van der Waals surface area contributed by atoms with Crippen LogP contribution in [0.15, 0.2) is 41.2 Å². The maximum atomic E-state index is 13.9.